The number of halogens is 3. The number of hydrogen-bond donors (Lipinski definition) is 3. The summed E-state index contributed by atoms with van der Waals surface area (Å²) in [6.45, 7) is 1.67. The van der Waals surface area contributed by atoms with E-state index in [1.54, 1.807) is 30.3 Å². The Morgan fingerprint density at radius 1 is 0.955 bits per heavy atom. The Kier molecular flexibility index (Phi) is 11.3. The molecule has 2 amide bonds. The fraction of sp³-hybridized carbons (Fsp3) is 0.303. The molecule has 8 nitrogen and oxygen atoms in total. The highest BCUT2D eigenvalue weighted by Gasteiger charge is 2.26. The van der Waals surface area contributed by atoms with E-state index in [9.17, 15) is 28.7 Å². The molecule has 3 N–H and O–H groups in total. The molecule has 11 heteroatoms. The first-order valence-electron chi connectivity index (χ1n) is 14.2. The number of ketones is 1. The Hall–Kier alpha value is -4.08. The molecule has 1 aliphatic rings. The molecule has 1 unspecified atom stereocenters. The Balaban J connectivity index is 1.33. The summed E-state index contributed by atoms with van der Waals surface area (Å²) in [5, 5.41) is 14.9. The van der Waals surface area contributed by atoms with E-state index in [1.165, 1.54) is 6.92 Å². The Morgan fingerprint density at radius 2 is 1.66 bits per heavy atom. The number of benzene rings is 3. The molecule has 0 saturated carbocycles. The second-order valence-electron chi connectivity index (χ2n) is 10.7. The summed E-state index contributed by atoms with van der Waals surface area (Å²) in [5.41, 5.74) is 3.54. The number of Topliss-reactive ketones (excluding diaryl/α,β-unsaturated/α-hetero) is 1. The third-order valence-corrected chi connectivity index (χ3v) is 7.94. The van der Waals surface area contributed by atoms with Gasteiger partial charge in [0, 0.05) is 24.1 Å². The number of aliphatic carboxylic acids is 1. The maximum Gasteiger partial charge on any atom is 0.326 e. The molecular weight excluding hydrogens is 608 g/mol. The molecule has 0 aromatic heterocycles. The smallest absolute Gasteiger partial charge is 0.326 e. The fourth-order valence-electron chi connectivity index (χ4n) is 4.86. The predicted molar refractivity (Wildman–Crippen MR) is 169 cm³/mol. The Morgan fingerprint density at radius 3 is 2.30 bits per heavy atom. The van der Waals surface area contributed by atoms with Crippen LogP contribution in [0.5, 0.6) is 0 Å². The van der Waals surface area contributed by atoms with Crippen LogP contribution in [0.1, 0.15) is 58.9 Å². The second-order valence-corrected chi connectivity index (χ2v) is 11.5. The summed E-state index contributed by atoms with van der Waals surface area (Å²) in [5.74, 6) is -2.99. The average molecular weight is 641 g/mol. The second kappa shape index (κ2) is 15.1. The van der Waals surface area contributed by atoms with Crippen molar-refractivity contribution in [2.45, 2.75) is 57.3 Å². The number of nitrogens with zero attached hydrogens (tertiary/aromatic N) is 1. The summed E-state index contributed by atoms with van der Waals surface area (Å²) in [6, 6.07) is 17.0. The Bertz CT molecular complexity index is 1560. The molecular formula is C33H32Cl2FN3O5. The molecule has 0 radical (unpaired) electrons. The van der Waals surface area contributed by atoms with Crippen LogP contribution in [0.4, 0.5) is 4.39 Å². The number of carbonyl (C=O) groups excluding carboxylic acids is 3. The lowest BCUT2D eigenvalue weighted by atomic mass is 9.99. The SMILES string of the molecule is C[C@H](NC(=O)c1cccc(CC2=NCC(F)CC2)c1)C(=O)CC[C@H](NC(=O)c1c(Cl)cc(-c2ccccc2)cc1Cl)C(=O)O. The summed E-state index contributed by atoms with van der Waals surface area (Å²) in [6.07, 6.45) is 0.178. The van der Waals surface area contributed by atoms with E-state index in [-0.39, 0.29) is 35.0 Å². The largest absolute Gasteiger partial charge is 0.480 e. The highest BCUT2D eigenvalue weighted by Crippen LogP contribution is 2.32. The van der Waals surface area contributed by atoms with Crippen LogP contribution in [0.25, 0.3) is 11.1 Å². The average Bonchev–Trinajstić information content (AvgIpc) is 3.00. The molecule has 230 valence electrons. The first-order chi connectivity index (χ1) is 21.0. The van der Waals surface area contributed by atoms with E-state index in [4.69, 9.17) is 23.2 Å². The van der Waals surface area contributed by atoms with E-state index < -0.39 is 41.8 Å². The predicted octanol–water partition coefficient (Wildman–Crippen LogP) is 6.13. The number of nitrogens with one attached hydrogen (secondary N) is 2. The van der Waals surface area contributed by atoms with Crippen molar-refractivity contribution in [3.63, 3.8) is 0 Å². The van der Waals surface area contributed by atoms with Gasteiger partial charge in [0.1, 0.15) is 12.2 Å². The van der Waals surface area contributed by atoms with E-state index in [2.05, 4.69) is 15.6 Å². The van der Waals surface area contributed by atoms with Crippen LogP contribution in [0.2, 0.25) is 10.0 Å². The minimum atomic E-state index is -1.40. The van der Waals surface area contributed by atoms with Crippen molar-refractivity contribution in [1.29, 1.82) is 0 Å². The minimum Gasteiger partial charge on any atom is -0.480 e. The molecule has 0 spiro atoms. The zero-order chi connectivity index (χ0) is 31.8. The van der Waals surface area contributed by atoms with Gasteiger partial charge in [0.05, 0.1) is 28.2 Å². The zero-order valence-electron chi connectivity index (χ0n) is 24.0. The number of amides is 2. The first kappa shape index (κ1) is 32.8. The molecule has 3 aromatic rings. The van der Waals surface area contributed by atoms with Crippen molar-refractivity contribution in [2.24, 2.45) is 4.99 Å². The van der Waals surface area contributed by atoms with Gasteiger partial charge in [0.15, 0.2) is 5.78 Å². The van der Waals surface area contributed by atoms with Crippen molar-refractivity contribution in [1.82, 2.24) is 10.6 Å². The molecule has 3 aromatic carbocycles. The van der Waals surface area contributed by atoms with Gasteiger partial charge in [-0.2, -0.15) is 0 Å². The molecule has 0 bridgehead atoms. The van der Waals surface area contributed by atoms with Crippen LogP contribution in [-0.2, 0) is 16.0 Å². The number of carbonyl (C=O) groups is 4. The Labute approximate surface area is 264 Å². The lowest BCUT2D eigenvalue weighted by Crippen LogP contribution is -2.43. The van der Waals surface area contributed by atoms with Gasteiger partial charge in [-0.05, 0) is 67.1 Å². The van der Waals surface area contributed by atoms with Crippen LogP contribution in [-0.4, -0.2) is 59.2 Å². The lowest BCUT2D eigenvalue weighted by Gasteiger charge is -2.18. The van der Waals surface area contributed by atoms with Crippen LogP contribution in [0.15, 0.2) is 71.7 Å². The van der Waals surface area contributed by atoms with Crippen LogP contribution in [0, 0.1) is 0 Å². The molecule has 3 atom stereocenters. The van der Waals surface area contributed by atoms with E-state index in [0.717, 1.165) is 16.8 Å². The molecule has 1 heterocycles. The van der Waals surface area contributed by atoms with E-state index in [1.807, 2.05) is 36.4 Å². The monoisotopic (exact) mass is 639 g/mol. The number of hydrogen-bond acceptors (Lipinski definition) is 5. The van der Waals surface area contributed by atoms with Crippen molar-refractivity contribution in [2.75, 3.05) is 6.54 Å². The van der Waals surface area contributed by atoms with Crippen molar-refractivity contribution in [3.8, 4) is 11.1 Å². The number of alkyl halides is 1. The van der Waals surface area contributed by atoms with Gasteiger partial charge >= 0.3 is 5.97 Å². The standard InChI is InChI=1S/C33H32Cl2FN3O5/c1-19(38-31(41)22-9-5-6-20(14-22)15-25-11-10-24(36)18-37-25)29(40)13-12-28(33(43)44)39-32(42)30-26(34)16-23(17-27(30)35)21-7-3-2-4-8-21/h2-9,14,16-17,19,24,28H,10-13,15,18H2,1H3,(H,38,41)(H,39,42)(H,43,44)/t19-,24?,28-/m0/s1. The van der Waals surface area contributed by atoms with Gasteiger partial charge in [-0.25, -0.2) is 9.18 Å². The summed E-state index contributed by atoms with van der Waals surface area (Å²) < 4.78 is 13.4. The normalized spacial score (nSPS) is 15.9. The molecule has 4 rings (SSSR count). The van der Waals surface area contributed by atoms with Crippen LogP contribution < -0.4 is 10.6 Å². The van der Waals surface area contributed by atoms with Gasteiger partial charge in [0.25, 0.3) is 11.8 Å². The van der Waals surface area contributed by atoms with Crippen molar-refractivity contribution >= 4 is 52.5 Å². The maximum atomic E-state index is 13.4. The van der Waals surface area contributed by atoms with E-state index in [0.29, 0.717) is 30.4 Å². The summed E-state index contributed by atoms with van der Waals surface area (Å²) in [4.78, 5) is 54.9. The molecule has 0 fully saturated rings. The van der Waals surface area contributed by atoms with E-state index >= 15 is 0 Å². The fourth-order valence-corrected chi connectivity index (χ4v) is 5.52. The number of rotatable bonds is 12. The quantitative estimate of drug-likeness (QED) is 0.220. The third kappa shape index (κ3) is 8.74. The van der Waals surface area contributed by atoms with Crippen LogP contribution >= 0.6 is 23.2 Å². The van der Waals surface area contributed by atoms with Crippen molar-refractivity contribution < 1.29 is 28.7 Å². The summed E-state index contributed by atoms with van der Waals surface area (Å²) >= 11 is 12.7. The van der Waals surface area contributed by atoms with Gasteiger partial charge in [0.2, 0.25) is 0 Å². The molecule has 0 aliphatic carbocycles. The van der Waals surface area contributed by atoms with Gasteiger partial charge in [-0.3, -0.25) is 19.4 Å². The highest BCUT2D eigenvalue weighted by atomic mass is 35.5. The topological polar surface area (TPSA) is 125 Å². The minimum absolute atomic E-state index is 0.0506. The lowest BCUT2D eigenvalue weighted by molar-refractivity contribution is -0.139. The zero-order valence-corrected chi connectivity index (χ0v) is 25.5. The van der Waals surface area contributed by atoms with Gasteiger partial charge in [-0.1, -0.05) is 65.7 Å². The third-order valence-electron chi connectivity index (χ3n) is 7.35. The number of carboxylic acid groups (broad SMARTS) is 1. The molecule has 44 heavy (non-hydrogen) atoms. The van der Waals surface area contributed by atoms with Crippen molar-refractivity contribution in [3.05, 3.63) is 93.5 Å². The maximum absolute atomic E-state index is 13.4. The highest BCUT2D eigenvalue weighted by molar-refractivity contribution is 6.40. The summed E-state index contributed by atoms with van der Waals surface area (Å²) in [7, 11) is 0. The first-order valence-corrected chi connectivity index (χ1v) is 14.9. The molecule has 1 aliphatic heterocycles. The van der Waals surface area contributed by atoms with Gasteiger partial charge < -0.3 is 15.7 Å². The van der Waals surface area contributed by atoms with Gasteiger partial charge in [-0.15, -0.1) is 0 Å². The van der Waals surface area contributed by atoms with Crippen LogP contribution in [0.3, 0.4) is 0 Å². The number of carboxylic acids is 1. The number of aliphatic imine (C=N–C) groups is 1. The molecule has 0 saturated heterocycles.